The second kappa shape index (κ2) is 7.81. The van der Waals surface area contributed by atoms with E-state index in [2.05, 4.69) is 5.32 Å². The van der Waals surface area contributed by atoms with Gasteiger partial charge < -0.3 is 15.2 Å². The molecule has 1 aromatic rings. The Labute approximate surface area is 118 Å². The van der Waals surface area contributed by atoms with E-state index in [1.165, 1.54) is 12.1 Å². The molecule has 0 saturated heterocycles. The molecule has 6 nitrogen and oxygen atoms in total. The first-order valence-electron chi connectivity index (χ1n) is 6.68. The summed E-state index contributed by atoms with van der Waals surface area (Å²) in [5, 5.41) is 23.0. The van der Waals surface area contributed by atoms with Gasteiger partial charge in [-0.05, 0) is 6.07 Å². The average molecular weight is 282 g/mol. The van der Waals surface area contributed by atoms with E-state index in [9.17, 15) is 10.1 Å². The fraction of sp³-hybridized carbons (Fsp3) is 0.571. The lowest BCUT2D eigenvalue weighted by atomic mass is 10.1. The van der Waals surface area contributed by atoms with Crippen molar-refractivity contribution >= 4 is 5.69 Å². The molecule has 20 heavy (non-hydrogen) atoms. The van der Waals surface area contributed by atoms with Crippen molar-refractivity contribution in [2.75, 3.05) is 13.2 Å². The monoisotopic (exact) mass is 282 g/mol. The van der Waals surface area contributed by atoms with Crippen molar-refractivity contribution in [1.29, 1.82) is 0 Å². The summed E-state index contributed by atoms with van der Waals surface area (Å²) in [5.41, 5.74) is 0.797. The highest BCUT2D eigenvalue weighted by molar-refractivity contribution is 5.43. The van der Waals surface area contributed by atoms with E-state index in [0.29, 0.717) is 18.9 Å². The Hall–Kier alpha value is -1.66. The van der Waals surface area contributed by atoms with Crippen molar-refractivity contribution in [3.63, 3.8) is 0 Å². The van der Waals surface area contributed by atoms with E-state index in [-0.39, 0.29) is 24.3 Å². The number of hydrogen-bond acceptors (Lipinski definition) is 5. The van der Waals surface area contributed by atoms with Crippen LogP contribution in [0.25, 0.3) is 0 Å². The number of nitro groups is 1. The molecule has 0 spiro atoms. The number of non-ortho nitro benzene ring substituents is 1. The molecule has 0 aromatic heterocycles. The Balaban J connectivity index is 2.87. The number of aliphatic hydroxyl groups excluding tert-OH is 1. The third kappa shape index (κ3) is 5.14. The molecule has 0 fully saturated rings. The van der Waals surface area contributed by atoms with Crippen LogP contribution >= 0.6 is 0 Å². The molecule has 2 N–H and O–H groups in total. The Bertz CT molecular complexity index is 449. The molecular weight excluding hydrogens is 260 g/mol. The zero-order valence-corrected chi connectivity index (χ0v) is 12.1. The number of ether oxygens (including phenoxy) is 1. The molecule has 1 unspecified atom stereocenters. The molecule has 1 atom stereocenters. The molecule has 1 aromatic carbocycles. The Morgan fingerprint density at radius 3 is 2.65 bits per heavy atom. The minimum absolute atomic E-state index is 0.0242. The predicted octanol–water partition coefficient (Wildman–Crippen LogP) is 2.10. The van der Waals surface area contributed by atoms with E-state index in [1.807, 2.05) is 20.8 Å². The molecule has 0 radical (unpaired) electrons. The number of nitrogens with one attached hydrogen (secondary N) is 1. The highest BCUT2D eigenvalue weighted by Gasteiger charge is 2.13. The van der Waals surface area contributed by atoms with E-state index in [4.69, 9.17) is 9.84 Å². The first kappa shape index (κ1) is 16.4. The van der Waals surface area contributed by atoms with Crippen LogP contribution in [0.3, 0.4) is 0 Å². The van der Waals surface area contributed by atoms with Crippen molar-refractivity contribution in [2.24, 2.45) is 5.92 Å². The summed E-state index contributed by atoms with van der Waals surface area (Å²) in [6, 6.07) is 4.84. The van der Waals surface area contributed by atoms with Crippen LogP contribution in [0, 0.1) is 16.0 Å². The standard InChI is InChI=1S/C14H22N2O4/c1-10(2)15-7-12-6-13(16(18)19)4-5-14(12)20-9-11(3)8-17/h4-6,10-11,15,17H,7-9H2,1-3H3. The largest absolute Gasteiger partial charge is 0.493 e. The van der Waals surface area contributed by atoms with Gasteiger partial charge in [0.25, 0.3) is 5.69 Å². The lowest BCUT2D eigenvalue weighted by Crippen LogP contribution is -2.22. The minimum Gasteiger partial charge on any atom is -0.493 e. The van der Waals surface area contributed by atoms with Crippen LogP contribution in [0.15, 0.2) is 18.2 Å². The van der Waals surface area contributed by atoms with Gasteiger partial charge in [0, 0.05) is 42.8 Å². The Kier molecular flexibility index (Phi) is 6.41. The van der Waals surface area contributed by atoms with E-state index in [0.717, 1.165) is 5.56 Å². The molecule has 0 aliphatic heterocycles. The summed E-state index contributed by atoms with van der Waals surface area (Å²) in [6.07, 6.45) is 0. The first-order valence-corrected chi connectivity index (χ1v) is 6.68. The molecule has 0 bridgehead atoms. The van der Waals surface area contributed by atoms with Crippen molar-refractivity contribution in [3.05, 3.63) is 33.9 Å². The van der Waals surface area contributed by atoms with Gasteiger partial charge in [-0.1, -0.05) is 20.8 Å². The number of nitro benzene ring substituents is 1. The average Bonchev–Trinajstić information content (AvgIpc) is 2.42. The normalized spacial score (nSPS) is 12.4. The maximum atomic E-state index is 10.8. The zero-order valence-electron chi connectivity index (χ0n) is 12.1. The van der Waals surface area contributed by atoms with E-state index >= 15 is 0 Å². The van der Waals surface area contributed by atoms with Crippen LogP contribution < -0.4 is 10.1 Å². The van der Waals surface area contributed by atoms with Crippen molar-refractivity contribution in [2.45, 2.75) is 33.4 Å². The van der Waals surface area contributed by atoms with Gasteiger partial charge in [-0.25, -0.2) is 0 Å². The van der Waals surface area contributed by atoms with Gasteiger partial charge in [0.2, 0.25) is 0 Å². The van der Waals surface area contributed by atoms with Crippen LogP contribution in [0.5, 0.6) is 5.75 Å². The van der Waals surface area contributed by atoms with Gasteiger partial charge in [0.1, 0.15) is 5.75 Å². The van der Waals surface area contributed by atoms with Crippen LogP contribution in [0.4, 0.5) is 5.69 Å². The maximum Gasteiger partial charge on any atom is 0.270 e. The van der Waals surface area contributed by atoms with Gasteiger partial charge in [-0.3, -0.25) is 10.1 Å². The quantitative estimate of drug-likeness (QED) is 0.563. The van der Waals surface area contributed by atoms with Gasteiger partial charge in [0.05, 0.1) is 11.5 Å². The molecule has 0 amide bonds. The third-order valence-electron chi connectivity index (χ3n) is 2.79. The third-order valence-corrected chi connectivity index (χ3v) is 2.79. The molecule has 0 aliphatic carbocycles. The molecule has 6 heteroatoms. The molecular formula is C14H22N2O4. The smallest absolute Gasteiger partial charge is 0.270 e. The molecule has 0 heterocycles. The van der Waals surface area contributed by atoms with Crippen LogP contribution in [-0.4, -0.2) is 29.3 Å². The first-order chi connectivity index (χ1) is 9.43. The highest BCUT2D eigenvalue weighted by Crippen LogP contribution is 2.24. The molecule has 0 saturated carbocycles. The zero-order chi connectivity index (χ0) is 15.1. The Morgan fingerprint density at radius 2 is 2.10 bits per heavy atom. The lowest BCUT2D eigenvalue weighted by Gasteiger charge is -2.15. The van der Waals surface area contributed by atoms with Crippen LogP contribution in [-0.2, 0) is 6.54 Å². The van der Waals surface area contributed by atoms with Gasteiger partial charge in [-0.2, -0.15) is 0 Å². The fourth-order valence-electron chi connectivity index (χ4n) is 1.56. The summed E-state index contributed by atoms with van der Waals surface area (Å²) < 4.78 is 5.63. The van der Waals surface area contributed by atoms with Crippen LogP contribution in [0.2, 0.25) is 0 Å². The SMILES string of the molecule is CC(CO)COc1ccc([N+](=O)[O-])cc1CNC(C)C. The maximum absolute atomic E-state index is 10.8. The second-order valence-corrected chi connectivity index (χ2v) is 5.18. The lowest BCUT2D eigenvalue weighted by molar-refractivity contribution is -0.384. The van der Waals surface area contributed by atoms with E-state index < -0.39 is 4.92 Å². The number of hydrogen-bond donors (Lipinski definition) is 2. The topological polar surface area (TPSA) is 84.6 Å². The molecule has 112 valence electrons. The van der Waals surface area contributed by atoms with E-state index in [1.54, 1.807) is 6.07 Å². The van der Waals surface area contributed by atoms with Gasteiger partial charge in [0.15, 0.2) is 0 Å². The van der Waals surface area contributed by atoms with Crippen molar-refractivity contribution in [3.8, 4) is 5.75 Å². The predicted molar refractivity (Wildman–Crippen MR) is 76.8 cm³/mol. The summed E-state index contributed by atoms with van der Waals surface area (Å²) >= 11 is 0. The number of nitrogens with zero attached hydrogens (tertiary/aromatic N) is 1. The number of aliphatic hydroxyl groups is 1. The summed E-state index contributed by atoms with van der Waals surface area (Å²) in [4.78, 5) is 10.4. The Morgan fingerprint density at radius 1 is 1.40 bits per heavy atom. The molecule has 0 aliphatic rings. The number of benzene rings is 1. The van der Waals surface area contributed by atoms with Gasteiger partial charge in [-0.15, -0.1) is 0 Å². The van der Waals surface area contributed by atoms with Gasteiger partial charge >= 0.3 is 0 Å². The molecule has 1 rings (SSSR count). The summed E-state index contributed by atoms with van der Waals surface area (Å²) in [7, 11) is 0. The summed E-state index contributed by atoms with van der Waals surface area (Å²) in [5.74, 6) is 0.639. The summed E-state index contributed by atoms with van der Waals surface area (Å²) in [6.45, 7) is 6.81. The fourth-order valence-corrected chi connectivity index (χ4v) is 1.56. The van der Waals surface area contributed by atoms with Crippen molar-refractivity contribution in [1.82, 2.24) is 5.32 Å². The minimum atomic E-state index is -0.418. The number of rotatable bonds is 8. The second-order valence-electron chi connectivity index (χ2n) is 5.18. The van der Waals surface area contributed by atoms with Crippen molar-refractivity contribution < 1.29 is 14.8 Å². The van der Waals surface area contributed by atoms with Crippen LogP contribution in [0.1, 0.15) is 26.3 Å². The highest BCUT2D eigenvalue weighted by atomic mass is 16.6.